The van der Waals surface area contributed by atoms with Gasteiger partial charge in [-0.05, 0) is 65.7 Å². The second-order valence-corrected chi connectivity index (χ2v) is 18.3. The summed E-state index contributed by atoms with van der Waals surface area (Å²) in [7, 11) is 2.75. The molecule has 4 saturated heterocycles. The van der Waals surface area contributed by atoms with Crippen LogP contribution in [0.3, 0.4) is 0 Å². The average molecular weight is 541 g/mol. The third kappa shape index (κ3) is 4.37. The summed E-state index contributed by atoms with van der Waals surface area (Å²) < 4.78 is 20.0. The van der Waals surface area contributed by atoms with Crippen LogP contribution in [0.5, 0.6) is 0 Å². The normalized spacial score (nSPS) is 35.4. The zero-order chi connectivity index (χ0) is 27.1. The Labute approximate surface area is 228 Å². The van der Waals surface area contributed by atoms with Crippen molar-refractivity contribution in [2.24, 2.45) is 0 Å². The monoisotopic (exact) mass is 540 g/mol. The van der Waals surface area contributed by atoms with E-state index < -0.39 is 5.79 Å². The lowest BCUT2D eigenvalue weighted by Gasteiger charge is -2.72. The van der Waals surface area contributed by atoms with Gasteiger partial charge in [-0.25, -0.2) is 0 Å². The van der Waals surface area contributed by atoms with Crippen molar-refractivity contribution >= 4 is 17.2 Å². The molecule has 4 aliphatic heterocycles. The number of benzene rings is 2. The molecule has 4 heterocycles. The summed E-state index contributed by atoms with van der Waals surface area (Å²) in [6.07, 6.45) is 3.23. The summed E-state index contributed by atoms with van der Waals surface area (Å²) in [6.45, 7) is 21.3. The first-order valence-electron chi connectivity index (χ1n) is 13.8. The molecule has 0 amide bonds. The lowest BCUT2D eigenvalue weighted by Crippen LogP contribution is -2.81. The molecule has 4 bridgehead atoms. The van der Waals surface area contributed by atoms with Crippen molar-refractivity contribution < 1.29 is 14.2 Å². The molecule has 0 saturated carbocycles. The molecule has 6 unspecified atom stereocenters. The Morgan fingerprint density at radius 3 is 2.05 bits per heavy atom. The molecular formula is C32H46O3P2. The zero-order valence-electron chi connectivity index (χ0n) is 24.3. The highest BCUT2D eigenvalue weighted by molar-refractivity contribution is 7.60. The Morgan fingerprint density at radius 1 is 0.865 bits per heavy atom. The predicted octanol–water partition coefficient (Wildman–Crippen LogP) is 8.48. The minimum Gasteiger partial charge on any atom is -0.345 e. The molecule has 0 spiro atoms. The molecule has 0 N–H and O–H groups in total. The maximum Gasteiger partial charge on any atom is 0.172 e. The fraction of sp³-hybridized carbons (Fsp3) is 0.625. The number of rotatable bonds is 5. The van der Waals surface area contributed by atoms with Crippen LogP contribution in [0.2, 0.25) is 0 Å². The van der Waals surface area contributed by atoms with Gasteiger partial charge in [0.25, 0.3) is 0 Å². The first-order chi connectivity index (χ1) is 17.1. The molecule has 6 rings (SSSR count). The number of ether oxygens (including phenoxy) is 3. The standard InChI is InChI=1S/C32H46O3P2/c1-27(2,3)37(28(4,5)6)19-24-17-23(22-13-11-10-12-14-22)15-16-25(24)32(21-36)29(7)18-26-33-30(32,8)20-31(9,34-26)35-29/h10-17,26H,18-21,36H2,1-9H3. The van der Waals surface area contributed by atoms with E-state index in [1.807, 2.05) is 0 Å². The molecule has 0 aliphatic carbocycles. The van der Waals surface area contributed by atoms with E-state index in [-0.39, 0.29) is 41.1 Å². The van der Waals surface area contributed by atoms with Gasteiger partial charge in [0, 0.05) is 12.8 Å². The van der Waals surface area contributed by atoms with Crippen molar-refractivity contribution in [3.63, 3.8) is 0 Å². The van der Waals surface area contributed by atoms with Crippen molar-refractivity contribution in [1.29, 1.82) is 0 Å². The molecule has 2 aromatic rings. The van der Waals surface area contributed by atoms with Gasteiger partial charge in [-0.3, -0.25) is 0 Å². The summed E-state index contributed by atoms with van der Waals surface area (Å²) in [5.74, 6) is -0.596. The minimum atomic E-state index is -0.596. The van der Waals surface area contributed by atoms with Crippen LogP contribution in [0.25, 0.3) is 11.1 Å². The summed E-state index contributed by atoms with van der Waals surface area (Å²) in [6, 6.07) is 18.0. The van der Waals surface area contributed by atoms with Crippen molar-refractivity contribution in [1.82, 2.24) is 0 Å². The van der Waals surface area contributed by atoms with Gasteiger partial charge in [0.1, 0.15) is 0 Å². The number of hydrogen-bond donors (Lipinski definition) is 0. The topological polar surface area (TPSA) is 27.7 Å². The minimum absolute atomic E-state index is 0.208. The largest absolute Gasteiger partial charge is 0.345 e. The molecular weight excluding hydrogens is 494 g/mol. The lowest BCUT2D eigenvalue weighted by atomic mass is 9.52. The van der Waals surface area contributed by atoms with Gasteiger partial charge < -0.3 is 14.2 Å². The van der Waals surface area contributed by atoms with E-state index in [0.717, 1.165) is 25.2 Å². The summed E-state index contributed by atoms with van der Waals surface area (Å²) >= 11 is 0. The first kappa shape index (κ1) is 27.7. The average Bonchev–Trinajstić information content (AvgIpc) is 2.75. The van der Waals surface area contributed by atoms with E-state index in [1.165, 1.54) is 22.3 Å². The van der Waals surface area contributed by atoms with E-state index in [4.69, 9.17) is 14.2 Å². The third-order valence-corrected chi connectivity index (χ3v) is 13.7. The summed E-state index contributed by atoms with van der Waals surface area (Å²) in [5.41, 5.74) is 4.34. The molecule has 0 radical (unpaired) electrons. The SMILES string of the molecule is CC12CC3(C)OC(CC(C)(O1)C3(CP)c1ccc(-c3ccccc3)cc1CP(C(C)(C)C)C(C)(C)C)O2. The van der Waals surface area contributed by atoms with Crippen LogP contribution in [0.4, 0.5) is 0 Å². The van der Waals surface area contributed by atoms with Crippen LogP contribution < -0.4 is 0 Å². The van der Waals surface area contributed by atoms with Crippen molar-refractivity contribution in [3.8, 4) is 11.1 Å². The lowest BCUT2D eigenvalue weighted by molar-refractivity contribution is -0.498. The third-order valence-electron chi connectivity index (χ3n) is 9.16. The highest BCUT2D eigenvalue weighted by Crippen LogP contribution is 2.67. The van der Waals surface area contributed by atoms with Crippen molar-refractivity contribution in [3.05, 3.63) is 59.7 Å². The molecule has 202 valence electrons. The summed E-state index contributed by atoms with van der Waals surface area (Å²) in [5, 5.41) is 0.460. The Hall–Kier alpha value is -0.820. The van der Waals surface area contributed by atoms with E-state index in [9.17, 15) is 0 Å². The second kappa shape index (κ2) is 8.84. The predicted molar refractivity (Wildman–Crippen MR) is 160 cm³/mol. The van der Waals surface area contributed by atoms with Crippen LogP contribution in [0, 0.1) is 0 Å². The maximum absolute atomic E-state index is 6.92. The molecule has 37 heavy (non-hydrogen) atoms. The highest BCUT2D eigenvalue weighted by atomic mass is 31.1. The quantitative estimate of drug-likeness (QED) is 0.356. The number of hydrogen-bond acceptors (Lipinski definition) is 3. The van der Waals surface area contributed by atoms with Gasteiger partial charge >= 0.3 is 0 Å². The Kier molecular flexibility index (Phi) is 6.63. The van der Waals surface area contributed by atoms with Crippen molar-refractivity contribution in [2.75, 3.05) is 6.16 Å². The molecule has 2 aromatic carbocycles. The fourth-order valence-electron chi connectivity index (χ4n) is 8.05. The Bertz CT molecular complexity index is 1130. The van der Waals surface area contributed by atoms with Gasteiger partial charge in [0.15, 0.2) is 12.1 Å². The van der Waals surface area contributed by atoms with Crippen LogP contribution in [-0.2, 0) is 25.8 Å². The van der Waals surface area contributed by atoms with E-state index >= 15 is 0 Å². The van der Waals surface area contributed by atoms with Crippen molar-refractivity contribution in [2.45, 2.75) is 120 Å². The molecule has 4 aliphatic rings. The highest BCUT2D eigenvalue weighted by Gasteiger charge is 2.75. The first-order valence-corrected chi connectivity index (χ1v) is 16.1. The Morgan fingerprint density at radius 2 is 1.51 bits per heavy atom. The Balaban J connectivity index is 1.73. The molecule has 3 nitrogen and oxygen atoms in total. The molecule has 4 fully saturated rings. The smallest absolute Gasteiger partial charge is 0.172 e. The van der Waals surface area contributed by atoms with Gasteiger partial charge in [0.05, 0.1) is 16.6 Å². The van der Waals surface area contributed by atoms with Gasteiger partial charge in [-0.1, -0.05) is 98.0 Å². The zero-order valence-corrected chi connectivity index (χ0v) is 26.3. The van der Waals surface area contributed by atoms with Crippen LogP contribution in [-0.4, -0.2) is 39.8 Å². The van der Waals surface area contributed by atoms with Gasteiger partial charge in [-0.2, -0.15) is 0 Å². The molecule has 0 aromatic heterocycles. The second-order valence-electron chi connectivity index (χ2n) is 14.0. The fourth-order valence-corrected chi connectivity index (χ4v) is 12.7. The van der Waals surface area contributed by atoms with Crippen LogP contribution >= 0.6 is 17.2 Å². The van der Waals surface area contributed by atoms with Crippen LogP contribution in [0.1, 0.15) is 86.3 Å². The van der Waals surface area contributed by atoms with E-state index in [0.29, 0.717) is 0 Å². The van der Waals surface area contributed by atoms with Gasteiger partial charge in [-0.15, -0.1) is 9.24 Å². The van der Waals surface area contributed by atoms with E-state index in [1.54, 1.807) is 0 Å². The van der Waals surface area contributed by atoms with E-state index in [2.05, 4.69) is 120 Å². The molecule has 5 heteroatoms. The maximum atomic E-state index is 6.92. The van der Waals surface area contributed by atoms with Crippen LogP contribution in [0.15, 0.2) is 48.5 Å². The summed E-state index contributed by atoms with van der Waals surface area (Å²) in [4.78, 5) is 0. The van der Waals surface area contributed by atoms with Gasteiger partial charge in [0.2, 0.25) is 0 Å². The molecule has 6 atom stereocenters.